The van der Waals surface area contributed by atoms with Gasteiger partial charge in [0.1, 0.15) is 11.6 Å². The minimum absolute atomic E-state index is 0. The number of halogens is 2. The molecule has 0 radical (unpaired) electrons. The summed E-state index contributed by atoms with van der Waals surface area (Å²) in [5.41, 5.74) is 7.46. The zero-order chi connectivity index (χ0) is 16.9. The van der Waals surface area contributed by atoms with Gasteiger partial charge >= 0.3 is 0 Å². The third-order valence-corrected chi connectivity index (χ3v) is 3.72. The fourth-order valence-corrected chi connectivity index (χ4v) is 2.53. The lowest BCUT2D eigenvalue weighted by atomic mass is 10.3. The number of guanidine groups is 1. The summed E-state index contributed by atoms with van der Waals surface area (Å²) in [7, 11) is 1.57. The molecule has 9 heteroatoms. The number of nitrogens with one attached hydrogen (secondary N) is 1. The maximum absolute atomic E-state index is 6.08. The molecule has 0 bridgehead atoms. The third-order valence-electron chi connectivity index (χ3n) is 3.43. The molecule has 3 rings (SSSR count). The van der Waals surface area contributed by atoms with E-state index in [1.165, 1.54) is 0 Å². The van der Waals surface area contributed by atoms with Gasteiger partial charge in [0, 0.05) is 24.8 Å². The molecule has 0 atom stereocenters. The molecule has 3 aromatic rings. The zero-order valence-electron chi connectivity index (χ0n) is 13.5. The molecule has 0 saturated heterocycles. The molecular formula is C16H18ClIN6O. The van der Waals surface area contributed by atoms with Crippen molar-refractivity contribution in [2.75, 3.05) is 19.0 Å². The highest BCUT2D eigenvalue weighted by Gasteiger charge is 2.05. The van der Waals surface area contributed by atoms with Gasteiger partial charge in [-0.15, -0.1) is 34.2 Å². The first kappa shape index (κ1) is 19.3. The summed E-state index contributed by atoms with van der Waals surface area (Å²) in [6.45, 7) is 0.498. The molecule has 0 unspecified atom stereocenters. The summed E-state index contributed by atoms with van der Waals surface area (Å²) in [5.74, 6) is 1.76. The van der Waals surface area contributed by atoms with Crippen LogP contribution in [0.5, 0.6) is 5.75 Å². The molecule has 0 fully saturated rings. The molecule has 3 N–H and O–H groups in total. The molecule has 0 spiro atoms. The van der Waals surface area contributed by atoms with Crippen LogP contribution in [0.3, 0.4) is 0 Å². The number of aromatic nitrogens is 3. The molecule has 0 aliphatic heterocycles. The maximum atomic E-state index is 6.08. The van der Waals surface area contributed by atoms with Gasteiger partial charge in [0.05, 0.1) is 12.1 Å². The van der Waals surface area contributed by atoms with Crippen LogP contribution in [0.15, 0.2) is 47.6 Å². The molecule has 25 heavy (non-hydrogen) atoms. The van der Waals surface area contributed by atoms with Crippen LogP contribution in [0.2, 0.25) is 5.02 Å². The third kappa shape index (κ3) is 4.73. The van der Waals surface area contributed by atoms with Crippen molar-refractivity contribution >= 4 is 52.9 Å². The molecule has 132 valence electrons. The Hall–Kier alpha value is -2.07. The molecule has 0 aliphatic carbocycles. The fourth-order valence-electron chi connectivity index (χ4n) is 2.27. The minimum Gasteiger partial charge on any atom is -0.495 e. The number of nitrogens with zero attached hydrogens (tertiary/aromatic N) is 4. The standard InChI is InChI=1S/C16H17ClN6O.HI/c1-24-13-6-5-11(10-12(13)17)20-16(18)19-8-7-15-22-21-14-4-2-3-9-23(14)15;/h2-6,9-10H,7-8H2,1H3,(H3,18,19,20);1H. The predicted octanol–water partition coefficient (Wildman–Crippen LogP) is 2.98. The van der Waals surface area contributed by atoms with Crippen molar-refractivity contribution in [2.24, 2.45) is 10.7 Å². The van der Waals surface area contributed by atoms with E-state index in [1.54, 1.807) is 19.2 Å². The van der Waals surface area contributed by atoms with Crippen molar-refractivity contribution in [3.8, 4) is 5.75 Å². The van der Waals surface area contributed by atoms with Crippen LogP contribution in [-0.4, -0.2) is 34.2 Å². The normalized spacial score (nSPS) is 11.2. The van der Waals surface area contributed by atoms with E-state index < -0.39 is 0 Å². The Balaban J connectivity index is 0.00000225. The van der Waals surface area contributed by atoms with E-state index in [0.717, 1.165) is 17.2 Å². The van der Waals surface area contributed by atoms with Crippen molar-refractivity contribution < 1.29 is 4.74 Å². The molecular weight excluding hydrogens is 455 g/mol. The van der Waals surface area contributed by atoms with Gasteiger partial charge in [-0.2, -0.15) is 0 Å². The molecule has 0 aliphatic rings. The Labute approximate surface area is 167 Å². The summed E-state index contributed by atoms with van der Waals surface area (Å²) in [5, 5.41) is 11.8. The molecule has 0 saturated carbocycles. The number of ether oxygens (including phenoxy) is 1. The Morgan fingerprint density at radius 2 is 2.16 bits per heavy atom. The lowest BCUT2D eigenvalue weighted by Crippen LogP contribution is -2.23. The zero-order valence-corrected chi connectivity index (χ0v) is 16.6. The van der Waals surface area contributed by atoms with E-state index in [0.29, 0.717) is 29.7 Å². The SMILES string of the molecule is COc1ccc(NC(N)=NCCc2nnc3ccccn23)cc1Cl.I. The number of hydrogen-bond acceptors (Lipinski definition) is 4. The van der Waals surface area contributed by atoms with Crippen LogP contribution in [0.4, 0.5) is 5.69 Å². The quantitative estimate of drug-likeness (QED) is 0.338. The Bertz CT molecular complexity index is 882. The van der Waals surface area contributed by atoms with E-state index in [2.05, 4.69) is 20.5 Å². The number of nitrogens with two attached hydrogens (primary N) is 1. The number of methoxy groups -OCH3 is 1. The highest BCUT2D eigenvalue weighted by Crippen LogP contribution is 2.26. The first-order chi connectivity index (χ1) is 11.7. The number of aliphatic imine (C=N–C) groups is 1. The van der Waals surface area contributed by atoms with Crippen LogP contribution in [0.25, 0.3) is 5.65 Å². The van der Waals surface area contributed by atoms with Crippen LogP contribution in [0.1, 0.15) is 5.82 Å². The lowest BCUT2D eigenvalue weighted by molar-refractivity contribution is 0.415. The summed E-state index contributed by atoms with van der Waals surface area (Å²) < 4.78 is 7.04. The number of benzene rings is 1. The average Bonchev–Trinajstić information content (AvgIpc) is 2.98. The van der Waals surface area contributed by atoms with Gasteiger partial charge in [-0.05, 0) is 30.3 Å². The van der Waals surface area contributed by atoms with Gasteiger partial charge in [0.25, 0.3) is 0 Å². The van der Waals surface area contributed by atoms with Crippen LogP contribution >= 0.6 is 35.6 Å². The maximum Gasteiger partial charge on any atom is 0.193 e. The van der Waals surface area contributed by atoms with Gasteiger partial charge in [-0.25, -0.2) is 0 Å². The summed E-state index contributed by atoms with van der Waals surface area (Å²) in [4.78, 5) is 4.30. The second kappa shape index (κ2) is 8.86. The minimum atomic E-state index is 0. The van der Waals surface area contributed by atoms with Crippen LogP contribution in [-0.2, 0) is 6.42 Å². The van der Waals surface area contributed by atoms with E-state index in [9.17, 15) is 0 Å². The van der Waals surface area contributed by atoms with Crippen molar-refractivity contribution in [2.45, 2.75) is 6.42 Å². The monoisotopic (exact) mass is 472 g/mol. The van der Waals surface area contributed by atoms with Crippen LogP contribution in [0, 0.1) is 0 Å². The number of hydrogen-bond donors (Lipinski definition) is 2. The number of rotatable bonds is 5. The smallest absolute Gasteiger partial charge is 0.193 e. The van der Waals surface area contributed by atoms with Gasteiger partial charge in [-0.1, -0.05) is 17.7 Å². The molecule has 0 amide bonds. The summed E-state index contributed by atoms with van der Waals surface area (Å²) in [6, 6.07) is 11.1. The summed E-state index contributed by atoms with van der Waals surface area (Å²) >= 11 is 6.08. The number of anilines is 1. The number of pyridine rings is 1. The first-order valence-electron chi connectivity index (χ1n) is 7.36. The molecule has 2 heterocycles. The lowest BCUT2D eigenvalue weighted by Gasteiger charge is -2.08. The second-order valence-corrected chi connectivity index (χ2v) is 5.44. The van der Waals surface area contributed by atoms with Gasteiger partial charge in [-0.3, -0.25) is 9.39 Å². The Morgan fingerprint density at radius 1 is 1.32 bits per heavy atom. The molecule has 7 nitrogen and oxygen atoms in total. The van der Waals surface area contributed by atoms with Crippen molar-refractivity contribution in [1.82, 2.24) is 14.6 Å². The topological polar surface area (TPSA) is 89.8 Å². The van der Waals surface area contributed by atoms with E-state index in [1.807, 2.05) is 34.9 Å². The average molecular weight is 473 g/mol. The fraction of sp³-hybridized carbons (Fsp3) is 0.188. The first-order valence-corrected chi connectivity index (χ1v) is 7.74. The Kier molecular flexibility index (Phi) is 6.82. The van der Waals surface area contributed by atoms with Crippen molar-refractivity contribution in [1.29, 1.82) is 0 Å². The van der Waals surface area contributed by atoms with Gasteiger partial charge in [0.15, 0.2) is 11.6 Å². The van der Waals surface area contributed by atoms with Crippen molar-refractivity contribution in [3.63, 3.8) is 0 Å². The second-order valence-electron chi connectivity index (χ2n) is 5.04. The van der Waals surface area contributed by atoms with E-state index in [4.69, 9.17) is 22.1 Å². The van der Waals surface area contributed by atoms with Crippen LogP contribution < -0.4 is 15.8 Å². The van der Waals surface area contributed by atoms with E-state index >= 15 is 0 Å². The molecule has 1 aromatic carbocycles. The molecule has 2 aromatic heterocycles. The summed E-state index contributed by atoms with van der Waals surface area (Å²) in [6.07, 6.45) is 2.56. The number of fused-ring (bicyclic) bond motifs is 1. The largest absolute Gasteiger partial charge is 0.495 e. The van der Waals surface area contributed by atoms with Gasteiger partial charge < -0.3 is 15.8 Å². The predicted molar refractivity (Wildman–Crippen MR) is 110 cm³/mol. The van der Waals surface area contributed by atoms with Gasteiger partial charge in [0.2, 0.25) is 0 Å². The van der Waals surface area contributed by atoms with E-state index in [-0.39, 0.29) is 24.0 Å². The highest BCUT2D eigenvalue weighted by atomic mass is 127. The Morgan fingerprint density at radius 3 is 2.92 bits per heavy atom. The highest BCUT2D eigenvalue weighted by molar-refractivity contribution is 14.0. The van der Waals surface area contributed by atoms with Crippen molar-refractivity contribution in [3.05, 3.63) is 53.4 Å².